The van der Waals surface area contributed by atoms with Gasteiger partial charge in [0.1, 0.15) is 17.8 Å². The minimum atomic E-state index is 0.0836. The van der Waals surface area contributed by atoms with Gasteiger partial charge in [-0.3, -0.25) is 0 Å². The number of aromatic nitrogens is 1. The first kappa shape index (κ1) is 22.0. The van der Waals surface area contributed by atoms with Crippen molar-refractivity contribution in [3.63, 3.8) is 0 Å². The second kappa shape index (κ2) is 13.0. The predicted molar refractivity (Wildman–Crippen MR) is 115 cm³/mol. The summed E-state index contributed by atoms with van der Waals surface area (Å²) >= 11 is 0. The Labute approximate surface area is 169 Å². The second-order valence-corrected chi connectivity index (χ2v) is 7.52. The van der Waals surface area contributed by atoms with Crippen molar-refractivity contribution in [3.8, 4) is 11.3 Å². The summed E-state index contributed by atoms with van der Waals surface area (Å²) in [6.07, 6.45) is 16.6. The van der Waals surface area contributed by atoms with Gasteiger partial charge in [-0.05, 0) is 18.4 Å². The van der Waals surface area contributed by atoms with E-state index in [2.05, 4.69) is 41.3 Å². The van der Waals surface area contributed by atoms with Gasteiger partial charge in [0.2, 0.25) is 5.89 Å². The molecule has 1 aromatic heterocycles. The van der Waals surface area contributed by atoms with Gasteiger partial charge >= 0.3 is 0 Å². The number of oxime groups is 1. The van der Waals surface area contributed by atoms with Gasteiger partial charge in [0.05, 0.1) is 6.42 Å². The maximum Gasteiger partial charge on any atom is 0.202 e. The number of unbranched alkanes of at least 4 members (excludes halogenated alkanes) is 9. The summed E-state index contributed by atoms with van der Waals surface area (Å²) in [5.74, 6) is 0.528. The summed E-state index contributed by atoms with van der Waals surface area (Å²) in [4.78, 5) is 4.39. The van der Waals surface area contributed by atoms with Crippen LogP contribution in [0.1, 0.15) is 82.6 Å². The third kappa shape index (κ3) is 8.15. The van der Waals surface area contributed by atoms with Crippen LogP contribution < -0.4 is 5.73 Å². The Hall–Kier alpha value is -2.30. The lowest BCUT2D eigenvalue weighted by Gasteiger charge is -2.04. The zero-order chi connectivity index (χ0) is 20.0. The molecule has 0 radical (unpaired) electrons. The monoisotopic (exact) mass is 385 g/mol. The molecule has 5 nitrogen and oxygen atoms in total. The highest BCUT2D eigenvalue weighted by Gasteiger charge is 2.08. The number of nitrogens with zero attached hydrogens (tertiary/aromatic N) is 2. The topological polar surface area (TPSA) is 84.6 Å². The smallest absolute Gasteiger partial charge is 0.202 e. The number of aryl methyl sites for hydroxylation is 1. The first-order valence-electron chi connectivity index (χ1n) is 10.7. The van der Waals surface area contributed by atoms with E-state index >= 15 is 0 Å². The molecule has 0 atom stereocenters. The normalized spacial score (nSPS) is 11.8. The second-order valence-electron chi connectivity index (χ2n) is 7.52. The lowest BCUT2D eigenvalue weighted by Crippen LogP contribution is -2.14. The first-order valence-corrected chi connectivity index (χ1v) is 10.7. The van der Waals surface area contributed by atoms with Crippen molar-refractivity contribution in [2.75, 3.05) is 0 Å². The molecule has 1 heterocycles. The highest BCUT2D eigenvalue weighted by molar-refractivity contribution is 5.81. The van der Waals surface area contributed by atoms with Crippen LogP contribution in [-0.4, -0.2) is 16.0 Å². The van der Waals surface area contributed by atoms with Crippen molar-refractivity contribution in [3.05, 3.63) is 42.0 Å². The van der Waals surface area contributed by atoms with E-state index in [0.29, 0.717) is 5.89 Å². The van der Waals surface area contributed by atoms with E-state index in [0.717, 1.165) is 17.7 Å². The van der Waals surface area contributed by atoms with E-state index in [1.165, 1.54) is 69.8 Å². The number of rotatable bonds is 14. The number of hydrogen-bond donors (Lipinski definition) is 2. The van der Waals surface area contributed by atoms with Crippen LogP contribution in [0.2, 0.25) is 0 Å². The molecular weight excluding hydrogens is 350 g/mol. The summed E-state index contributed by atoms with van der Waals surface area (Å²) in [6.45, 7) is 2.27. The van der Waals surface area contributed by atoms with Crippen LogP contribution in [0.3, 0.4) is 0 Å². The number of amidine groups is 1. The molecule has 154 valence electrons. The van der Waals surface area contributed by atoms with Crippen molar-refractivity contribution in [2.45, 2.75) is 84.0 Å². The van der Waals surface area contributed by atoms with Gasteiger partial charge in [-0.25, -0.2) is 4.98 Å². The predicted octanol–water partition coefficient (Wildman–Crippen LogP) is 6.09. The third-order valence-corrected chi connectivity index (χ3v) is 5.08. The first-order chi connectivity index (χ1) is 13.7. The van der Waals surface area contributed by atoms with Gasteiger partial charge in [-0.2, -0.15) is 0 Å². The molecule has 0 unspecified atom stereocenters. The molecule has 0 amide bonds. The fourth-order valence-corrected chi connectivity index (χ4v) is 3.37. The average Bonchev–Trinajstić information content (AvgIpc) is 3.18. The highest BCUT2D eigenvalue weighted by atomic mass is 16.4. The van der Waals surface area contributed by atoms with E-state index < -0.39 is 0 Å². The van der Waals surface area contributed by atoms with Gasteiger partial charge in [-0.15, -0.1) is 0 Å². The Morgan fingerprint density at radius 3 is 2.18 bits per heavy atom. The molecule has 2 rings (SSSR count). The Bertz CT molecular complexity index is 692. The van der Waals surface area contributed by atoms with E-state index in [-0.39, 0.29) is 12.3 Å². The van der Waals surface area contributed by atoms with E-state index in [1.54, 1.807) is 6.26 Å². The van der Waals surface area contributed by atoms with Crippen LogP contribution in [0, 0.1) is 0 Å². The fourth-order valence-electron chi connectivity index (χ4n) is 3.37. The summed E-state index contributed by atoms with van der Waals surface area (Å²) in [7, 11) is 0. The minimum absolute atomic E-state index is 0.0836. The number of benzene rings is 1. The Balaban J connectivity index is 1.64. The standard InChI is InChI=1S/C23H35N3O2/c1-2-3-4-5-6-7-8-9-10-11-12-19-13-15-20(16-14-19)21-18-28-23(25-21)17-22(24)26-27/h13-16,18,27H,2-12,17H2,1H3,(H2,24,26). The highest BCUT2D eigenvalue weighted by Crippen LogP contribution is 2.20. The van der Waals surface area contributed by atoms with Crippen molar-refractivity contribution < 1.29 is 9.62 Å². The maximum absolute atomic E-state index is 8.61. The molecule has 0 aliphatic rings. The number of nitrogens with two attached hydrogens (primary N) is 1. The van der Waals surface area contributed by atoms with Crippen LogP contribution >= 0.6 is 0 Å². The molecular formula is C23H35N3O2. The average molecular weight is 386 g/mol. The molecule has 0 saturated carbocycles. The molecule has 0 fully saturated rings. The Morgan fingerprint density at radius 2 is 1.57 bits per heavy atom. The van der Waals surface area contributed by atoms with E-state index in [9.17, 15) is 0 Å². The molecule has 0 aliphatic heterocycles. The third-order valence-electron chi connectivity index (χ3n) is 5.08. The molecule has 2 aromatic rings. The Morgan fingerprint density at radius 1 is 0.964 bits per heavy atom. The number of hydrogen-bond acceptors (Lipinski definition) is 4. The summed E-state index contributed by atoms with van der Waals surface area (Å²) < 4.78 is 5.38. The summed E-state index contributed by atoms with van der Waals surface area (Å²) in [5, 5.41) is 11.6. The van der Waals surface area contributed by atoms with Gasteiger partial charge in [-0.1, -0.05) is 94.1 Å². The minimum Gasteiger partial charge on any atom is -0.448 e. The largest absolute Gasteiger partial charge is 0.448 e. The van der Waals surface area contributed by atoms with E-state index in [4.69, 9.17) is 15.4 Å². The zero-order valence-electron chi connectivity index (χ0n) is 17.2. The quantitative estimate of drug-likeness (QED) is 0.135. The van der Waals surface area contributed by atoms with Crippen molar-refractivity contribution in [2.24, 2.45) is 10.9 Å². The molecule has 0 spiro atoms. The molecule has 5 heteroatoms. The molecule has 0 aliphatic carbocycles. The van der Waals surface area contributed by atoms with Crippen LogP contribution in [0.25, 0.3) is 11.3 Å². The maximum atomic E-state index is 8.61. The lowest BCUT2D eigenvalue weighted by atomic mass is 10.0. The van der Waals surface area contributed by atoms with Crippen molar-refractivity contribution in [1.82, 2.24) is 4.98 Å². The van der Waals surface area contributed by atoms with Crippen LogP contribution in [0.5, 0.6) is 0 Å². The van der Waals surface area contributed by atoms with Crippen LogP contribution in [0.15, 0.2) is 40.1 Å². The molecule has 0 saturated heterocycles. The fraction of sp³-hybridized carbons (Fsp3) is 0.565. The zero-order valence-corrected chi connectivity index (χ0v) is 17.2. The number of oxazole rings is 1. The SMILES string of the molecule is CCCCCCCCCCCCc1ccc(-c2coc(CC(N)=NO)n2)cc1. The van der Waals surface area contributed by atoms with Crippen molar-refractivity contribution in [1.29, 1.82) is 0 Å². The van der Waals surface area contributed by atoms with Gasteiger partial charge < -0.3 is 15.4 Å². The molecule has 0 bridgehead atoms. The van der Waals surface area contributed by atoms with Crippen LogP contribution in [0.4, 0.5) is 0 Å². The molecule has 28 heavy (non-hydrogen) atoms. The lowest BCUT2D eigenvalue weighted by molar-refractivity contribution is 0.316. The van der Waals surface area contributed by atoms with Gasteiger partial charge in [0, 0.05) is 5.56 Å². The van der Waals surface area contributed by atoms with E-state index in [1.807, 2.05) is 0 Å². The molecule has 1 aromatic carbocycles. The Kier molecular flexibility index (Phi) is 10.2. The summed E-state index contributed by atoms with van der Waals surface area (Å²) in [6, 6.07) is 8.50. The summed E-state index contributed by atoms with van der Waals surface area (Å²) in [5.41, 5.74) is 8.63. The van der Waals surface area contributed by atoms with Gasteiger partial charge in [0.25, 0.3) is 0 Å². The van der Waals surface area contributed by atoms with Gasteiger partial charge in [0.15, 0.2) is 0 Å². The van der Waals surface area contributed by atoms with Crippen molar-refractivity contribution >= 4 is 5.84 Å². The van der Waals surface area contributed by atoms with Crippen LogP contribution in [-0.2, 0) is 12.8 Å². The molecule has 3 N–H and O–H groups in total.